The second-order valence-corrected chi connectivity index (χ2v) is 5.39. The quantitative estimate of drug-likeness (QED) is 0.858. The van der Waals surface area contributed by atoms with Gasteiger partial charge in [0.2, 0.25) is 0 Å². The Hall–Kier alpha value is -2.07. The molecule has 0 heterocycles. The van der Waals surface area contributed by atoms with Crippen LogP contribution in [0.25, 0.3) is 0 Å². The molecule has 0 amide bonds. The fourth-order valence-corrected chi connectivity index (χ4v) is 2.28. The van der Waals surface area contributed by atoms with Crippen molar-refractivity contribution in [1.29, 1.82) is 0 Å². The van der Waals surface area contributed by atoms with Gasteiger partial charge in [-0.25, -0.2) is 4.39 Å². The van der Waals surface area contributed by atoms with Gasteiger partial charge < -0.3 is 15.8 Å². The molecule has 2 aromatic carbocycles. The van der Waals surface area contributed by atoms with Crippen LogP contribution in [0.3, 0.4) is 0 Å². The van der Waals surface area contributed by atoms with E-state index < -0.39 is 5.54 Å². The van der Waals surface area contributed by atoms with Gasteiger partial charge in [0.15, 0.2) is 0 Å². The average molecular weight is 288 g/mol. The topological polar surface area (TPSA) is 47.3 Å². The molecule has 3 N–H and O–H groups in total. The molecule has 0 saturated heterocycles. The summed E-state index contributed by atoms with van der Waals surface area (Å²) in [6, 6.07) is 14.4. The molecular weight excluding hydrogens is 267 g/mol. The molecule has 1 unspecified atom stereocenters. The van der Waals surface area contributed by atoms with Gasteiger partial charge >= 0.3 is 0 Å². The smallest absolute Gasteiger partial charge is 0.126 e. The maximum atomic E-state index is 13.8. The normalized spacial score (nSPS) is 13.5. The van der Waals surface area contributed by atoms with E-state index in [1.54, 1.807) is 19.2 Å². The molecule has 0 saturated carbocycles. The number of ether oxygens (including phenoxy) is 1. The first-order chi connectivity index (χ1) is 10.1. The summed E-state index contributed by atoms with van der Waals surface area (Å²) in [5, 5.41) is 3.38. The predicted molar refractivity (Wildman–Crippen MR) is 84.2 cm³/mol. The van der Waals surface area contributed by atoms with Crippen LogP contribution in [-0.2, 0) is 6.42 Å². The molecule has 0 spiro atoms. The van der Waals surface area contributed by atoms with E-state index in [9.17, 15) is 4.39 Å². The van der Waals surface area contributed by atoms with Crippen LogP contribution in [0.4, 0.5) is 10.1 Å². The highest BCUT2D eigenvalue weighted by Crippen LogP contribution is 2.23. The zero-order valence-electron chi connectivity index (χ0n) is 12.4. The highest BCUT2D eigenvalue weighted by Gasteiger charge is 2.24. The van der Waals surface area contributed by atoms with E-state index in [-0.39, 0.29) is 5.82 Å². The molecule has 0 aliphatic heterocycles. The van der Waals surface area contributed by atoms with Crippen LogP contribution < -0.4 is 15.8 Å². The first kappa shape index (κ1) is 15.3. The third-order valence-electron chi connectivity index (χ3n) is 3.50. The minimum absolute atomic E-state index is 0.204. The number of nitrogens with one attached hydrogen (secondary N) is 1. The minimum atomic E-state index is -0.436. The number of anilines is 1. The Bertz CT molecular complexity index is 603. The van der Waals surface area contributed by atoms with Crippen LogP contribution in [0.15, 0.2) is 48.5 Å². The largest absolute Gasteiger partial charge is 0.497 e. The van der Waals surface area contributed by atoms with Crippen molar-refractivity contribution in [2.45, 2.75) is 18.9 Å². The molecule has 0 aliphatic carbocycles. The Morgan fingerprint density at radius 2 is 1.95 bits per heavy atom. The standard InChI is InChI=1S/C17H21FN2O/c1-17(12-19,11-13-6-3-4-9-16(13)18)20-14-7-5-8-15(10-14)21-2/h3-10,20H,11-12,19H2,1-2H3. The van der Waals surface area contributed by atoms with E-state index in [0.29, 0.717) is 18.5 Å². The summed E-state index contributed by atoms with van der Waals surface area (Å²) >= 11 is 0. The molecular formula is C17H21FN2O. The van der Waals surface area contributed by atoms with E-state index in [0.717, 1.165) is 11.4 Å². The first-order valence-electron chi connectivity index (χ1n) is 6.92. The third-order valence-corrected chi connectivity index (χ3v) is 3.50. The van der Waals surface area contributed by atoms with Gasteiger partial charge in [0.1, 0.15) is 11.6 Å². The molecule has 4 heteroatoms. The lowest BCUT2D eigenvalue weighted by Gasteiger charge is -2.31. The van der Waals surface area contributed by atoms with Crippen LogP contribution in [0, 0.1) is 5.82 Å². The summed E-state index contributed by atoms with van der Waals surface area (Å²) in [5.74, 6) is 0.565. The number of rotatable bonds is 6. The van der Waals surface area contributed by atoms with E-state index >= 15 is 0 Å². The highest BCUT2D eigenvalue weighted by molar-refractivity contribution is 5.50. The van der Waals surface area contributed by atoms with Crippen LogP contribution in [0.5, 0.6) is 5.75 Å². The third kappa shape index (κ3) is 3.95. The van der Waals surface area contributed by atoms with E-state index in [1.807, 2.05) is 37.3 Å². The maximum absolute atomic E-state index is 13.8. The average Bonchev–Trinajstić information content (AvgIpc) is 2.50. The van der Waals surface area contributed by atoms with Crippen molar-refractivity contribution in [2.24, 2.45) is 5.73 Å². The Balaban J connectivity index is 2.19. The summed E-state index contributed by atoms with van der Waals surface area (Å²) < 4.78 is 19.0. The lowest BCUT2D eigenvalue weighted by atomic mass is 9.92. The van der Waals surface area contributed by atoms with Gasteiger partial charge in [-0.1, -0.05) is 24.3 Å². The van der Waals surface area contributed by atoms with Crippen molar-refractivity contribution < 1.29 is 9.13 Å². The van der Waals surface area contributed by atoms with E-state index in [1.165, 1.54) is 6.07 Å². The molecule has 0 radical (unpaired) electrons. The van der Waals surface area contributed by atoms with Crippen molar-refractivity contribution in [3.8, 4) is 5.75 Å². The Kier molecular flexibility index (Phi) is 4.81. The fourth-order valence-electron chi connectivity index (χ4n) is 2.28. The van der Waals surface area contributed by atoms with Gasteiger partial charge in [-0.15, -0.1) is 0 Å². The number of hydrogen-bond acceptors (Lipinski definition) is 3. The molecule has 21 heavy (non-hydrogen) atoms. The summed E-state index contributed by atoms with van der Waals surface area (Å²) in [7, 11) is 1.63. The van der Waals surface area contributed by atoms with Crippen LogP contribution in [0.2, 0.25) is 0 Å². The molecule has 0 fully saturated rings. The fraction of sp³-hybridized carbons (Fsp3) is 0.294. The molecule has 2 aromatic rings. The molecule has 0 aliphatic rings. The number of halogens is 1. The van der Waals surface area contributed by atoms with Crippen molar-refractivity contribution in [1.82, 2.24) is 0 Å². The maximum Gasteiger partial charge on any atom is 0.126 e. The van der Waals surface area contributed by atoms with Gasteiger partial charge in [-0.3, -0.25) is 0 Å². The summed E-state index contributed by atoms with van der Waals surface area (Å²) in [6.45, 7) is 2.37. The highest BCUT2D eigenvalue weighted by atomic mass is 19.1. The van der Waals surface area contributed by atoms with Crippen LogP contribution in [-0.4, -0.2) is 19.2 Å². The molecule has 0 aromatic heterocycles. The SMILES string of the molecule is COc1cccc(NC(C)(CN)Cc2ccccc2F)c1. The van der Waals surface area contributed by atoms with Crippen molar-refractivity contribution >= 4 is 5.69 Å². The molecule has 1 atom stereocenters. The molecule has 3 nitrogen and oxygen atoms in total. The molecule has 2 rings (SSSR count). The Morgan fingerprint density at radius 1 is 1.19 bits per heavy atom. The van der Waals surface area contributed by atoms with Gasteiger partial charge in [-0.05, 0) is 37.1 Å². The lowest BCUT2D eigenvalue weighted by Crippen LogP contribution is -2.44. The second-order valence-electron chi connectivity index (χ2n) is 5.39. The molecule has 112 valence electrons. The minimum Gasteiger partial charge on any atom is -0.497 e. The van der Waals surface area contributed by atoms with Gasteiger partial charge in [0.05, 0.1) is 12.6 Å². The van der Waals surface area contributed by atoms with E-state index in [4.69, 9.17) is 10.5 Å². The van der Waals surface area contributed by atoms with Gasteiger partial charge in [0, 0.05) is 18.3 Å². The Labute approximate surface area is 124 Å². The van der Waals surface area contributed by atoms with Crippen LogP contribution in [0.1, 0.15) is 12.5 Å². The van der Waals surface area contributed by atoms with Gasteiger partial charge in [0.25, 0.3) is 0 Å². The summed E-state index contributed by atoms with van der Waals surface area (Å²) in [6.07, 6.45) is 0.507. The van der Waals surface area contributed by atoms with E-state index in [2.05, 4.69) is 5.32 Å². The number of methoxy groups -OCH3 is 1. The van der Waals surface area contributed by atoms with Crippen LogP contribution >= 0.6 is 0 Å². The number of hydrogen-bond donors (Lipinski definition) is 2. The predicted octanol–water partition coefficient (Wildman–Crippen LogP) is 3.21. The first-order valence-corrected chi connectivity index (χ1v) is 6.92. The summed E-state index contributed by atoms with van der Waals surface area (Å²) in [4.78, 5) is 0. The summed E-state index contributed by atoms with van der Waals surface area (Å²) in [5.41, 5.74) is 7.03. The van der Waals surface area contributed by atoms with Crippen molar-refractivity contribution in [3.63, 3.8) is 0 Å². The molecule has 0 bridgehead atoms. The van der Waals surface area contributed by atoms with Crippen molar-refractivity contribution in [2.75, 3.05) is 19.0 Å². The second kappa shape index (κ2) is 6.59. The number of nitrogens with two attached hydrogens (primary N) is 1. The lowest BCUT2D eigenvalue weighted by molar-refractivity contribution is 0.414. The zero-order valence-corrected chi connectivity index (χ0v) is 12.4. The monoisotopic (exact) mass is 288 g/mol. The van der Waals surface area contributed by atoms with Crippen molar-refractivity contribution in [3.05, 3.63) is 59.9 Å². The van der Waals surface area contributed by atoms with Gasteiger partial charge in [-0.2, -0.15) is 0 Å². The Morgan fingerprint density at radius 3 is 2.62 bits per heavy atom. The number of benzene rings is 2. The zero-order chi connectivity index (χ0) is 15.3.